The summed E-state index contributed by atoms with van der Waals surface area (Å²) in [5.41, 5.74) is 3.44. The van der Waals surface area contributed by atoms with E-state index in [2.05, 4.69) is 4.98 Å². The fraction of sp³-hybridized carbons (Fsp3) is 0.346. The Labute approximate surface area is 202 Å². The molecular formula is C26H27FN2O4S. The van der Waals surface area contributed by atoms with E-state index >= 15 is 0 Å². The Morgan fingerprint density at radius 2 is 2.06 bits per heavy atom. The van der Waals surface area contributed by atoms with E-state index < -0.39 is 5.97 Å². The molecule has 6 nitrogen and oxygen atoms in total. The molecule has 1 unspecified atom stereocenters. The lowest BCUT2D eigenvalue weighted by molar-refractivity contribution is -0.136. The maximum atomic E-state index is 14.8. The number of thiazole rings is 1. The topological polar surface area (TPSA) is 79.7 Å². The van der Waals surface area contributed by atoms with Crippen LogP contribution in [0, 0.1) is 5.82 Å². The summed E-state index contributed by atoms with van der Waals surface area (Å²) in [7, 11) is 0. The highest BCUT2D eigenvalue weighted by molar-refractivity contribution is 7.09. The van der Waals surface area contributed by atoms with Crippen molar-refractivity contribution >= 4 is 23.2 Å². The first-order chi connectivity index (χ1) is 16.4. The van der Waals surface area contributed by atoms with Crippen molar-refractivity contribution in [2.45, 2.75) is 45.6 Å². The van der Waals surface area contributed by atoms with Crippen molar-refractivity contribution in [3.05, 3.63) is 69.4 Å². The largest absolute Gasteiger partial charge is 0.493 e. The minimum absolute atomic E-state index is 0.00761. The number of nitrogens with zero attached hydrogens (tertiary/aromatic N) is 2. The minimum Gasteiger partial charge on any atom is -0.493 e. The summed E-state index contributed by atoms with van der Waals surface area (Å²) in [6, 6.07) is 8.42. The van der Waals surface area contributed by atoms with Crippen LogP contribution in [0.4, 0.5) is 4.39 Å². The molecule has 1 aliphatic rings. The highest BCUT2D eigenvalue weighted by Gasteiger charge is 2.28. The van der Waals surface area contributed by atoms with Gasteiger partial charge in [-0.25, -0.2) is 9.37 Å². The number of halogens is 1. The zero-order valence-corrected chi connectivity index (χ0v) is 20.0. The van der Waals surface area contributed by atoms with Crippen LogP contribution in [0.25, 0.3) is 11.1 Å². The predicted molar refractivity (Wildman–Crippen MR) is 129 cm³/mol. The normalized spacial score (nSPS) is 13.9. The highest BCUT2D eigenvalue weighted by atomic mass is 32.1. The Balaban J connectivity index is 1.68. The first-order valence-electron chi connectivity index (χ1n) is 11.3. The number of ether oxygens (including phenoxy) is 1. The summed E-state index contributed by atoms with van der Waals surface area (Å²) in [5, 5.41) is 12.1. The third-order valence-electron chi connectivity index (χ3n) is 6.05. The molecule has 0 radical (unpaired) electrons. The molecule has 1 atom stereocenters. The second-order valence-corrected chi connectivity index (χ2v) is 9.35. The van der Waals surface area contributed by atoms with Crippen LogP contribution < -0.4 is 4.74 Å². The average molecular weight is 483 g/mol. The van der Waals surface area contributed by atoms with E-state index in [0.29, 0.717) is 55.0 Å². The van der Waals surface area contributed by atoms with Gasteiger partial charge in [-0.05, 0) is 53.8 Å². The predicted octanol–water partition coefficient (Wildman–Crippen LogP) is 5.05. The maximum Gasteiger partial charge on any atom is 0.307 e. The lowest BCUT2D eigenvalue weighted by atomic mass is 9.89. The Kier molecular flexibility index (Phi) is 7.26. The molecule has 0 bridgehead atoms. The SMILES string of the molecule is CCOc1ccc(CC(=O)O)cc1-c1ccc(F)c2c1CN(C(=O)CC(C)c1nccs1)CC2. The number of amides is 1. The quantitative estimate of drug-likeness (QED) is 0.486. The van der Waals surface area contributed by atoms with E-state index in [9.17, 15) is 19.1 Å². The monoisotopic (exact) mass is 482 g/mol. The van der Waals surface area contributed by atoms with Gasteiger partial charge in [0.2, 0.25) is 5.91 Å². The summed E-state index contributed by atoms with van der Waals surface area (Å²) >= 11 is 1.53. The van der Waals surface area contributed by atoms with Gasteiger partial charge in [-0.15, -0.1) is 11.3 Å². The fourth-order valence-electron chi connectivity index (χ4n) is 4.41. The van der Waals surface area contributed by atoms with Gasteiger partial charge >= 0.3 is 5.97 Å². The number of aliphatic carboxylic acids is 1. The Hall–Kier alpha value is -3.26. The van der Waals surface area contributed by atoms with Crippen LogP contribution in [-0.2, 0) is 29.0 Å². The molecule has 0 saturated heterocycles. The molecule has 0 saturated carbocycles. The number of carboxylic acid groups (broad SMARTS) is 1. The second-order valence-electron chi connectivity index (χ2n) is 8.43. The molecule has 2 aromatic carbocycles. The van der Waals surface area contributed by atoms with E-state index in [-0.39, 0.29) is 24.1 Å². The van der Waals surface area contributed by atoms with Gasteiger partial charge < -0.3 is 14.7 Å². The summed E-state index contributed by atoms with van der Waals surface area (Å²) < 4.78 is 20.6. The van der Waals surface area contributed by atoms with Crippen molar-refractivity contribution in [1.82, 2.24) is 9.88 Å². The van der Waals surface area contributed by atoms with Gasteiger partial charge in [-0.2, -0.15) is 0 Å². The van der Waals surface area contributed by atoms with Crippen molar-refractivity contribution in [3.8, 4) is 16.9 Å². The van der Waals surface area contributed by atoms with Crippen molar-refractivity contribution < 1.29 is 23.8 Å². The summed E-state index contributed by atoms with van der Waals surface area (Å²) in [4.78, 5) is 30.5. The van der Waals surface area contributed by atoms with E-state index in [0.717, 1.165) is 16.1 Å². The van der Waals surface area contributed by atoms with E-state index in [4.69, 9.17) is 4.74 Å². The van der Waals surface area contributed by atoms with E-state index in [1.807, 2.05) is 19.2 Å². The number of hydrogen-bond donors (Lipinski definition) is 1. The third kappa shape index (κ3) is 5.12. The molecule has 1 aromatic heterocycles. The van der Waals surface area contributed by atoms with Crippen molar-refractivity contribution in [2.75, 3.05) is 13.2 Å². The molecule has 1 N–H and O–H groups in total. The van der Waals surface area contributed by atoms with Crippen molar-refractivity contribution in [3.63, 3.8) is 0 Å². The molecule has 4 rings (SSSR count). The van der Waals surface area contributed by atoms with Crippen LogP contribution in [0.5, 0.6) is 5.75 Å². The average Bonchev–Trinajstić information content (AvgIpc) is 3.35. The number of aromatic nitrogens is 1. The van der Waals surface area contributed by atoms with Crippen LogP contribution >= 0.6 is 11.3 Å². The molecule has 0 spiro atoms. The molecule has 0 aliphatic carbocycles. The number of carboxylic acids is 1. The zero-order chi connectivity index (χ0) is 24.2. The van der Waals surface area contributed by atoms with Crippen LogP contribution in [0.3, 0.4) is 0 Å². The Bertz CT molecular complexity index is 1200. The van der Waals surface area contributed by atoms with Crippen LogP contribution in [0.2, 0.25) is 0 Å². The highest BCUT2D eigenvalue weighted by Crippen LogP contribution is 2.38. The molecule has 3 aromatic rings. The first kappa shape index (κ1) is 23.9. The third-order valence-corrected chi connectivity index (χ3v) is 7.06. The molecule has 1 amide bonds. The molecule has 2 heterocycles. The molecule has 0 fully saturated rings. The van der Waals surface area contributed by atoms with Crippen molar-refractivity contribution in [1.29, 1.82) is 0 Å². The number of carbonyl (C=O) groups is 2. The van der Waals surface area contributed by atoms with Gasteiger partial charge in [-0.1, -0.05) is 19.1 Å². The number of fused-ring (bicyclic) bond motifs is 1. The Morgan fingerprint density at radius 1 is 1.24 bits per heavy atom. The summed E-state index contributed by atoms with van der Waals surface area (Å²) in [5.74, 6) is -0.596. The van der Waals surface area contributed by atoms with Crippen LogP contribution in [0.1, 0.15) is 47.9 Å². The smallest absolute Gasteiger partial charge is 0.307 e. The fourth-order valence-corrected chi connectivity index (χ4v) is 5.11. The van der Waals surface area contributed by atoms with Crippen molar-refractivity contribution in [2.24, 2.45) is 0 Å². The van der Waals surface area contributed by atoms with E-state index in [1.54, 1.807) is 35.4 Å². The van der Waals surface area contributed by atoms with Crippen LogP contribution in [-0.4, -0.2) is 40.0 Å². The molecule has 1 aliphatic heterocycles. The van der Waals surface area contributed by atoms with Gasteiger partial charge in [0.05, 0.1) is 18.0 Å². The van der Waals surface area contributed by atoms with Crippen LogP contribution in [0.15, 0.2) is 41.9 Å². The second kappa shape index (κ2) is 10.3. The summed E-state index contributed by atoms with van der Waals surface area (Å²) in [6.07, 6.45) is 2.38. The number of rotatable bonds is 8. The molecule has 34 heavy (non-hydrogen) atoms. The lowest BCUT2D eigenvalue weighted by Gasteiger charge is -2.31. The summed E-state index contributed by atoms with van der Waals surface area (Å²) in [6.45, 7) is 5.05. The number of benzene rings is 2. The molecular weight excluding hydrogens is 455 g/mol. The Morgan fingerprint density at radius 3 is 2.76 bits per heavy atom. The molecule has 178 valence electrons. The van der Waals surface area contributed by atoms with Gasteiger partial charge in [0.25, 0.3) is 0 Å². The van der Waals surface area contributed by atoms with Gasteiger partial charge in [0, 0.05) is 42.6 Å². The minimum atomic E-state index is -0.928. The number of hydrogen-bond acceptors (Lipinski definition) is 5. The zero-order valence-electron chi connectivity index (χ0n) is 19.2. The first-order valence-corrected chi connectivity index (χ1v) is 12.2. The van der Waals surface area contributed by atoms with Gasteiger partial charge in [-0.3, -0.25) is 9.59 Å². The van der Waals surface area contributed by atoms with Gasteiger partial charge in [0.1, 0.15) is 11.6 Å². The molecule has 8 heteroatoms. The lowest BCUT2D eigenvalue weighted by Crippen LogP contribution is -2.37. The van der Waals surface area contributed by atoms with E-state index in [1.165, 1.54) is 17.4 Å². The standard InChI is InChI=1S/C26H27FN2O4S/c1-3-33-23-7-4-17(14-25(31)32)13-20(23)18-5-6-22(27)19-8-10-29(15-21(18)19)24(30)12-16(2)26-28-9-11-34-26/h4-7,9,11,13,16H,3,8,10,12,14-15H2,1-2H3,(H,31,32). The number of carbonyl (C=O) groups excluding carboxylic acids is 1. The van der Waals surface area contributed by atoms with Gasteiger partial charge in [0.15, 0.2) is 0 Å². The maximum absolute atomic E-state index is 14.8.